The largest absolute Gasteiger partial charge is 0.416 e. The zero-order chi connectivity index (χ0) is 24.5. The van der Waals surface area contributed by atoms with Crippen LogP contribution in [0.5, 0.6) is 0 Å². The molecule has 6 rings (SSSR count). The van der Waals surface area contributed by atoms with Gasteiger partial charge in [-0.25, -0.2) is 0 Å². The van der Waals surface area contributed by atoms with Crippen LogP contribution in [-0.2, 0) is 12.6 Å². The molecular weight excluding hydrogens is 447 g/mol. The van der Waals surface area contributed by atoms with Gasteiger partial charge in [0, 0.05) is 34.9 Å². The molecule has 2 aliphatic carbocycles. The van der Waals surface area contributed by atoms with E-state index in [2.05, 4.69) is 32.1 Å². The van der Waals surface area contributed by atoms with Crippen LogP contribution in [0.3, 0.4) is 0 Å². The zero-order valence-corrected chi connectivity index (χ0v) is 19.5. The zero-order valence-electron chi connectivity index (χ0n) is 19.5. The number of hydrogen-bond donors (Lipinski definition) is 0. The predicted molar refractivity (Wildman–Crippen MR) is 133 cm³/mol. The molecule has 0 spiro atoms. The molecule has 0 bridgehead atoms. The number of carbonyl (C=O) groups is 1. The average molecular weight is 472 g/mol. The monoisotopic (exact) mass is 471 g/mol. The summed E-state index contributed by atoms with van der Waals surface area (Å²) in [6.45, 7) is 4.24. The third kappa shape index (κ3) is 3.48. The fraction of sp³-hybridized carbons (Fsp3) is 0.267. The van der Waals surface area contributed by atoms with Crippen molar-refractivity contribution in [1.82, 2.24) is 4.98 Å². The molecule has 0 N–H and O–H groups in total. The molecule has 0 aliphatic heterocycles. The Balaban J connectivity index is 1.68. The van der Waals surface area contributed by atoms with Gasteiger partial charge in [0.15, 0.2) is 5.78 Å². The maximum absolute atomic E-state index is 13.7. The Morgan fingerprint density at radius 1 is 0.971 bits per heavy atom. The molecule has 1 unspecified atom stereocenters. The van der Waals surface area contributed by atoms with Gasteiger partial charge in [-0.3, -0.25) is 9.78 Å². The molecule has 0 saturated heterocycles. The number of halogens is 3. The number of benzene rings is 3. The quantitative estimate of drug-likeness (QED) is 0.263. The van der Waals surface area contributed by atoms with Crippen LogP contribution in [0.15, 0.2) is 60.8 Å². The number of ketones is 1. The highest BCUT2D eigenvalue weighted by atomic mass is 19.4. The number of fused-ring (bicyclic) bond motifs is 8. The van der Waals surface area contributed by atoms with E-state index in [-0.39, 0.29) is 17.1 Å². The van der Waals surface area contributed by atoms with Crippen molar-refractivity contribution < 1.29 is 18.0 Å². The number of allylic oxidation sites excluding steroid dienone is 1. The summed E-state index contributed by atoms with van der Waals surface area (Å²) >= 11 is 0. The first-order valence-electron chi connectivity index (χ1n) is 11.9. The van der Waals surface area contributed by atoms with Gasteiger partial charge in [0.25, 0.3) is 0 Å². The predicted octanol–water partition coefficient (Wildman–Crippen LogP) is 8.11. The molecule has 2 aliphatic rings. The number of para-hydroxylation sites is 1. The first-order chi connectivity index (χ1) is 16.6. The summed E-state index contributed by atoms with van der Waals surface area (Å²) in [5, 5.41) is 3.10. The Hall–Kier alpha value is -3.47. The fourth-order valence-electron chi connectivity index (χ4n) is 5.99. The van der Waals surface area contributed by atoms with Crippen molar-refractivity contribution in [2.45, 2.75) is 45.2 Å². The van der Waals surface area contributed by atoms with Gasteiger partial charge >= 0.3 is 6.18 Å². The molecule has 1 heterocycles. The van der Waals surface area contributed by atoms with E-state index in [1.807, 2.05) is 24.4 Å². The molecule has 35 heavy (non-hydrogen) atoms. The Morgan fingerprint density at radius 3 is 2.46 bits per heavy atom. The van der Waals surface area contributed by atoms with Crippen molar-refractivity contribution in [1.29, 1.82) is 0 Å². The van der Waals surface area contributed by atoms with Gasteiger partial charge in [-0.05, 0) is 64.1 Å². The second-order valence-electron chi connectivity index (χ2n) is 10.5. The van der Waals surface area contributed by atoms with Gasteiger partial charge in [0.05, 0.1) is 11.1 Å². The van der Waals surface area contributed by atoms with Crippen LogP contribution in [0.25, 0.3) is 27.8 Å². The molecule has 4 aromatic rings. The minimum Gasteiger partial charge on any atom is -0.294 e. The number of aromatic nitrogens is 1. The molecular formula is C30H24F3NO. The molecule has 176 valence electrons. The average Bonchev–Trinajstić information content (AvgIpc) is 2.82. The number of rotatable bonds is 1. The van der Waals surface area contributed by atoms with Crippen LogP contribution in [0.2, 0.25) is 0 Å². The van der Waals surface area contributed by atoms with Crippen LogP contribution in [0, 0.1) is 5.41 Å². The minimum absolute atomic E-state index is 0.113. The Morgan fingerprint density at radius 2 is 1.71 bits per heavy atom. The van der Waals surface area contributed by atoms with Crippen LogP contribution < -0.4 is 0 Å². The van der Waals surface area contributed by atoms with E-state index in [0.29, 0.717) is 12.8 Å². The Kier molecular flexibility index (Phi) is 4.73. The second kappa shape index (κ2) is 7.51. The summed E-state index contributed by atoms with van der Waals surface area (Å²) in [6.07, 6.45) is 3.47. The first-order valence-corrected chi connectivity index (χ1v) is 11.9. The molecule has 0 saturated carbocycles. The topological polar surface area (TPSA) is 30.0 Å². The summed E-state index contributed by atoms with van der Waals surface area (Å²) in [6, 6.07) is 13.4. The van der Waals surface area contributed by atoms with E-state index in [4.69, 9.17) is 4.98 Å². The second-order valence-corrected chi connectivity index (χ2v) is 10.5. The van der Waals surface area contributed by atoms with E-state index < -0.39 is 11.7 Å². The molecule has 3 aromatic carbocycles. The summed E-state index contributed by atoms with van der Waals surface area (Å²) in [5.74, 6) is -0.0745. The third-order valence-corrected chi connectivity index (χ3v) is 7.45. The van der Waals surface area contributed by atoms with E-state index in [1.54, 1.807) is 12.1 Å². The van der Waals surface area contributed by atoms with Crippen molar-refractivity contribution in [3.63, 3.8) is 0 Å². The van der Waals surface area contributed by atoms with Gasteiger partial charge < -0.3 is 0 Å². The molecule has 0 radical (unpaired) electrons. The number of alkyl halides is 3. The minimum atomic E-state index is -4.38. The highest BCUT2D eigenvalue weighted by Gasteiger charge is 2.38. The van der Waals surface area contributed by atoms with Gasteiger partial charge in [-0.2, -0.15) is 13.2 Å². The molecule has 0 fully saturated rings. The normalized spacial score (nSPS) is 19.1. The standard InChI is InChI=1S/C30H24F3NO/c1-29(2)14-22-26-21-6-3-4-9-24(21)34-16-23(26)20-8-5-7-19(27(20)28(22)25(35)15-29)17-10-12-18(13-11-17)30(31,32)33/h3-6,8-13,16,19H,7,14-15H2,1-2H3. The van der Waals surface area contributed by atoms with Crippen molar-refractivity contribution in [2.75, 3.05) is 0 Å². The number of carbonyl (C=O) groups excluding carboxylic acids is 1. The first kappa shape index (κ1) is 22.0. The molecule has 1 atom stereocenters. The number of hydrogen-bond acceptors (Lipinski definition) is 2. The molecule has 1 aromatic heterocycles. The van der Waals surface area contributed by atoms with E-state index in [0.717, 1.165) is 68.0 Å². The van der Waals surface area contributed by atoms with Gasteiger partial charge in [0.2, 0.25) is 0 Å². The molecule has 2 nitrogen and oxygen atoms in total. The highest BCUT2D eigenvalue weighted by molar-refractivity contribution is 6.16. The van der Waals surface area contributed by atoms with Crippen molar-refractivity contribution >= 4 is 33.5 Å². The summed E-state index contributed by atoms with van der Waals surface area (Å²) in [7, 11) is 0. The van der Waals surface area contributed by atoms with Gasteiger partial charge in [-0.1, -0.05) is 56.3 Å². The number of pyridine rings is 1. The van der Waals surface area contributed by atoms with Crippen molar-refractivity contribution in [3.8, 4) is 0 Å². The van der Waals surface area contributed by atoms with E-state index in [9.17, 15) is 18.0 Å². The van der Waals surface area contributed by atoms with Crippen molar-refractivity contribution in [2.24, 2.45) is 5.41 Å². The lowest BCUT2D eigenvalue weighted by molar-refractivity contribution is -0.137. The number of Topliss-reactive ketones (excluding diaryl/α,β-unsaturated/α-hetero) is 1. The molecule has 0 amide bonds. The van der Waals surface area contributed by atoms with Crippen LogP contribution in [-0.4, -0.2) is 10.8 Å². The maximum atomic E-state index is 13.7. The van der Waals surface area contributed by atoms with E-state index >= 15 is 0 Å². The highest BCUT2D eigenvalue weighted by Crippen LogP contribution is 2.49. The SMILES string of the molecule is CC1(C)CC(=O)c2c3c(c4cnc5ccccc5c4c2C1)C=CCC3c1ccc(C(F)(F)F)cc1. The third-order valence-electron chi connectivity index (χ3n) is 7.45. The van der Waals surface area contributed by atoms with Gasteiger partial charge in [0.1, 0.15) is 0 Å². The Labute approximate surface area is 201 Å². The summed E-state index contributed by atoms with van der Waals surface area (Å²) in [5.41, 5.74) is 4.54. The van der Waals surface area contributed by atoms with Crippen LogP contribution >= 0.6 is 0 Å². The van der Waals surface area contributed by atoms with Crippen LogP contribution in [0.1, 0.15) is 70.8 Å². The maximum Gasteiger partial charge on any atom is 0.416 e. The summed E-state index contributed by atoms with van der Waals surface area (Å²) in [4.78, 5) is 18.4. The lowest BCUT2D eigenvalue weighted by Gasteiger charge is -2.36. The number of nitrogens with zero attached hydrogens (tertiary/aromatic N) is 1. The van der Waals surface area contributed by atoms with Crippen LogP contribution in [0.4, 0.5) is 13.2 Å². The van der Waals surface area contributed by atoms with E-state index in [1.165, 1.54) is 0 Å². The lowest BCUT2D eigenvalue weighted by atomic mass is 9.67. The summed E-state index contributed by atoms with van der Waals surface area (Å²) < 4.78 is 39.6. The fourth-order valence-corrected chi connectivity index (χ4v) is 5.99. The van der Waals surface area contributed by atoms with Gasteiger partial charge in [-0.15, -0.1) is 0 Å². The van der Waals surface area contributed by atoms with Crippen molar-refractivity contribution in [3.05, 3.63) is 94.2 Å². The smallest absolute Gasteiger partial charge is 0.294 e. The Bertz CT molecular complexity index is 1540. The molecule has 5 heteroatoms. The lowest BCUT2D eigenvalue weighted by Crippen LogP contribution is -2.30.